The number of Topliss-reactive ketones (excluding diaryl/α,β-unsaturated/α-hetero) is 1. The second kappa shape index (κ2) is 10.7. The number of carbonyl (C=O) groups excluding carboxylic acids is 3. The average Bonchev–Trinajstić information content (AvgIpc) is 3.14. The van der Waals surface area contributed by atoms with E-state index in [0.29, 0.717) is 22.6 Å². The van der Waals surface area contributed by atoms with E-state index in [0.717, 1.165) is 5.56 Å². The summed E-state index contributed by atoms with van der Waals surface area (Å²) < 4.78 is 10.8. The number of ketones is 1. The van der Waals surface area contributed by atoms with Crippen LogP contribution >= 0.6 is 0 Å². The molecule has 190 valence electrons. The number of carbonyl (C=O) groups is 3. The number of nitrogens with zero attached hydrogens (tertiary/aromatic N) is 1. The third-order valence-electron chi connectivity index (χ3n) is 6.06. The molecule has 37 heavy (non-hydrogen) atoms. The quantitative estimate of drug-likeness (QED) is 0.197. The lowest BCUT2D eigenvalue weighted by Gasteiger charge is -2.27. The Hall–Kier alpha value is -4.39. The van der Waals surface area contributed by atoms with Crippen molar-refractivity contribution in [2.45, 2.75) is 39.8 Å². The zero-order valence-electron chi connectivity index (χ0n) is 21.2. The van der Waals surface area contributed by atoms with E-state index in [9.17, 15) is 19.5 Å². The summed E-state index contributed by atoms with van der Waals surface area (Å²) in [5.41, 5.74) is 2.48. The minimum atomic E-state index is -0.898. The molecule has 1 heterocycles. The fraction of sp³-hybridized carbons (Fsp3) is 0.233. The van der Waals surface area contributed by atoms with Gasteiger partial charge in [0.05, 0.1) is 29.9 Å². The summed E-state index contributed by atoms with van der Waals surface area (Å²) in [6.45, 7) is 7.61. The molecule has 0 aliphatic carbocycles. The first-order valence-electron chi connectivity index (χ1n) is 12.1. The van der Waals surface area contributed by atoms with Gasteiger partial charge in [-0.1, -0.05) is 30.3 Å². The Morgan fingerprint density at radius 1 is 0.973 bits per heavy atom. The first-order chi connectivity index (χ1) is 17.7. The summed E-state index contributed by atoms with van der Waals surface area (Å²) >= 11 is 0. The van der Waals surface area contributed by atoms with E-state index in [1.165, 1.54) is 11.0 Å². The third kappa shape index (κ3) is 5.11. The molecule has 1 amide bonds. The van der Waals surface area contributed by atoms with E-state index < -0.39 is 23.7 Å². The van der Waals surface area contributed by atoms with Gasteiger partial charge in [-0.15, -0.1) is 0 Å². The monoisotopic (exact) mass is 499 g/mol. The Kier molecular flexibility index (Phi) is 7.43. The van der Waals surface area contributed by atoms with Gasteiger partial charge in [0.1, 0.15) is 11.5 Å². The molecule has 1 fully saturated rings. The number of benzene rings is 3. The van der Waals surface area contributed by atoms with Gasteiger partial charge in [-0.05, 0) is 81.3 Å². The van der Waals surface area contributed by atoms with Crippen LogP contribution in [0, 0.1) is 6.92 Å². The van der Waals surface area contributed by atoms with Gasteiger partial charge in [0.25, 0.3) is 11.7 Å². The summed E-state index contributed by atoms with van der Waals surface area (Å²) in [5, 5.41) is 11.3. The van der Waals surface area contributed by atoms with Crippen molar-refractivity contribution in [1.29, 1.82) is 0 Å². The molecular formula is C30H29NO6. The van der Waals surface area contributed by atoms with E-state index in [1.54, 1.807) is 49.4 Å². The van der Waals surface area contributed by atoms with Crippen molar-refractivity contribution >= 4 is 29.1 Å². The maximum Gasteiger partial charge on any atom is 0.338 e. The van der Waals surface area contributed by atoms with Crippen LogP contribution in [-0.2, 0) is 14.3 Å². The molecule has 1 saturated heterocycles. The standard InChI is InChI=1S/C30H29NO6/c1-5-36-30(35)21-10-8-11-22(17-21)31-26(24-12-7-6-9-19(24)4)25(28(33)29(31)34)27(32)20-13-15-23(16-14-20)37-18(2)3/h6-18,26,32H,5H2,1-4H3/b27-25+. The molecule has 1 unspecified atom stereocenters. The van der Waals surface area contributed by atoms with Crippen LogP contribution in [0.1, 0.15) is 53.9 Å². The lowest BCUT2D eigenvalue weighted by Crippen LogP contribution is -2.30. The molecule has 0 spiro atoms. The van der Waals surface area contributed by atoms with Crippen LogP contribution in [0.4, 0.5) is 5.69 Å². The maximum atomic E-state index is 13.4. The summed E-state index contributed by atoms with van der Waals surface area (Å²) in [4.78, 5) is 40.5. The Morgan fingerprint density at radius 2 is 1.68 bits per heavy atom. The van der Waals surface area contributed by atoms with Gasteiger partial charge in [-0.2, -0.15) is 0 Å². The highest BCUT2D eigenvalue weighted by Gasteiger charge is 2.47. The number of esters is 1. The molecule has 4 rings (SSSR count). The topological polar surface area (TPSA) is 93.1 Å². The molecule has 3 aromatic rings. The molecule has 0 saturated carbocycles. The molecule has 0 bridgehead atoms. The molecule has 1 aliphatic rings. The summed E-state index contributed by atoms with van der Waals surface area (Å²) in [7, 11) is 0. The van der Waals surface area contributed by atoms with Gasteiger partial charge >= 0.3 is 5.97 Å². The predicted molar refractivity (Wildman–Crippen MR) is 141 cm³/mol. The Morgan fingerprint density at radius 3 is 2.32 bits per heavy atom. The maximum absolute atomic E-state index is 13.4. The van der Waals surface area contributed by atoms with Crippen LogP contribution in [-0.4, -0.2) is 35.5 Å². The smallest absolute Gasteiger partial charge is 0.338 e. The van der Waals surface area contributed by atoms with E-state index in [2.05, 4.69) is 0 Å². The summed E-state index contributed by atoms with van der Waals surface area (Å²) in [6.07, 6.45) is -0.0174. The van der Waals surface area contributed by atoms with Gasteiger partial charge in [-0.25, -0.2) is 4.79 Å². The Labute approximate surface area is 215 Å². The van der Waals surface area contributed by atoms with Crippen molar-refractivity contribution in [3.63, 3.8) is 0 Å². The van der Waals surface area contributed by atoms with Crippen LogP contribution in [0.2, 0.25) is 0 Å². The molecule has 3 aromatic carbocycles. The normalized spacial score (nSPS) is 16.8. The number of rotatable bonds is 7. The van der Waals surface area contributed by atoms with Crippen molar-refractivity contribution in [3.05, 3.63) is 101 Å². The molecular weight excluding hydrogens is 470 g/mol. The number of aryl methyl sites for hydroxylation is 1. The van der Waals surface area contributed by atoms with E-state index in [1.807, 2.05) is 45.0 Å². The zero-order chi connectivity index (χ0) is 26.7. The second-order valence-electron chi connectivity index (χ2n) is 8.99. The van der Waals surface area contributed by atoms with Gasteiger partial charge in [0, 0.05) is 11.3 Å². The van der Waals surface area contributed by atoms with Crippen LogP contribution in [0.5, 0.6) is 5.75 Å². The number of hydrogen-bond acceptors (Lipinski definition) is 6. The number of aliphatic hydroxyl groups excluding tert-OH is 1. The lowest BCUT2D eigenvalue weighted by molar-refractivity contribution is -0.132. The van der Waals surface area contributed by atoms with E-state index >= 15 is 0 Å². The minimum Gasteiger partial charge on any atom is -0.507 e. The molecule has 1 N–H and O–H groups in total. The molecule has 0 radical (unpaired) electrons. The fourth-order valence-corrected chi connectivity index (χ4v) is 4.40. The first-order valence-corrected chi connectivity index (χ1v) is 12.1. The zero-order valence-corrected chi connectivity index (χ0v) is 21.2. The molecule has 7 nitrogen and oxygen atoms in total. The largest absolute Gasteiger partial charge is 0.507 e. The molecule has 1 aliphatic heterocycles. The average molecular weight is 500 g/mol. The van der Waals surface area contributed by atoms with Gasteiger partial charge in [-0.3, -0.25) is 14.5 Å². The number of amides is 1. The van der Waals surface area contributed by atoms with Crippen LogP contribution < -0.4 is 9.64 Å². The Bertz CT molecular complexity index is 1370. The van der Waals surface area contributed by atoms with Gasteiger partial charge in [0.2, 0.25) is 0 Å². The van der Waals surface area contributed by atoms with Gasteiger partial charge < -0.3 is 14.6 Å². The fourth-order valence-electron chi connectivity index (χ4n) is 4.40. The highest BCUT2D eigenvalue weighted by molar-refractivity contribution is 6.51. The summed E-state index contributed by atoms with van der Waals surface area (Å²) in [5.74, 6) is -1.80. The highest BCUT2D eigenvalue weighted by atomic mass is 16.5. The van der Waals surface area contributed by atoms with Crippen LogP contribution in [0.15, 0.2) is 78.4 Å². The number of hydrogen-bond donors (Lipinski definition) is 1. The molecule has 0 aromatic heterocycles. The van der Waals surface area contributed by atoms with Crippen LogP contribution in [0.3, 0.4) is 0 Å². The number of ether oxygens (including phenoxy) is 2. The van der Waals surface area contributed by atoms with Crippen molar-refractivity contribution < 1.29 is 29.0 Å². The van der Waals surface area contributed by atoms with Gasteiger partial charge in [0.15, 0.2) is 0 Å². The predicted octanol–water partition coefficient (Wildman–Crippen LogP) is 5.59. The van der Waals surface area contributed by atoms with Crippen molar-refractivity contribution in [1.82, 2.24) is 0 Å². The minimum absolute atomic E-state index is 0.0174. The number of anilines is 1. The van der Waals surface area contributed by atoms with Crippen molar-refractivity contribution in [2.75, 3.05) is 11.5 Å². The van der Waals surface area contributed by atoms with Crippen molar-refractivity contribution in [3.8, 4) is 5.75 Å². The lowest BCUT2D eigenvalue weighted by atomic mass is 9.92. The van der Waals surface area contributed by atoms with E-state index in [-0.39, 0.29) is 29.6 Å². The van der Waals surface area contributed by atoms with Crippen molar-refractivity contribution in [2.24, 2.45) is 0 Å². The van der Waals surface area contributed by atoms with Crippen LogP contribution in [0.25, 0.3) is 5.76 Å². The summed E-state index contributed by atoms with van der Waals surface area (Å²) in [6, 6.07) is 19.6. The second-order valence-corrected chi connectivity index (χ2v) is 8.99. The van der Waals surface area contributed by atoms with E-state index in [4.69, 9.17) is 9.47 Å². The third-order valence-corrected chi connectivity index (χ3v) is 6.06. The SMILES string of the molecule is CCOC(=O)c1cccc(N2C(=O)C(=O)/C(=C(/O)c3ccc(OC(C)C)cc3)C2c2ccccc2C)c1. The highest BCUT2D eigenvalue weighted by Crippen LogP contribution is 2.43. The molecule has 7 heteroatoms. The molecule has 1 atom stereocenters. The Balaban J connectivity index is 1.87. The first kappa shape index (κ1) is 25.7. The number of aliphatic hydroxyl groups is 1.